The molecule has 354 valence electrons. The van der Waals surface area contributed by atoms with Crippen LogP contribution < -0.4 is 29.2 Å². The Labute approximate surface area is 383 Å². The number of hydrogen-bond acceptors (Lipinski definition) is 15. The van der Waals surface area contributed by atoms with Gasteiger partial charge in [-0.1, -0.05) is 25.3 Å². The normalized spacial score (nSPS) is 19.5. The molecule has 0 amide bonds. The van der Waals surface area contributed by atoms with Crippen molar-refractivity contribution in [2.75, 3.05) is 34.7 Å². The Morgan fingerprint density at radius 3 is 2.00 bits per heavy atom. The van der Waals surface area contributed by atoms with Gasteiger partial charge in [0.25, 0.3) is 5.56 Å². The minimum atomic E-state index is -1.70. The zero-order valence-corrected chi connectivity index (χ0v) is 37.3. The fourth-order valence-corrected chi connectivity index (χ4v) is 9.47. The van der Waals surface area contributed by atoms with Crippen LogP contribution in [0.1, 0.15) is 83.6 Å². The van der Waals surface area contributed by atoms with Gasteiger partial charge in [-0.3, -0.25) is 9.59 Å². The van der Waals surface area contributed by atoms with Crippen LogP contribution in [0.5, 0.6) is 28.7 Å². The molecule has 4 atom stereocenters. The summed E-state index contributed by atoms with van der Waals surface area (Å²) in [6.07, 6.45) is 10.4. The van der Waals surface area contributed by atoms with E-state index in [0.29, 0.717) is 40.2 Å². The predicted octanol–water partition coefficient (Wildman–Crippen LogP) is 5.59. The van der Waals surface area contributed by atoms with E-state index in [1.54, 1.807) is 20.3 Å². The molecular formula is C47H51F2N7O11. The molecule has 2 aliphatic heterocycles. The molecule has 0 spiro atoms. The number of rotatable bonds is 10. The summed E-state index contributed by atoms with van der Waals surface area (Å²) in [7, 11) is 4.63. The summed E-state index contributed by atoms with van der Waals surface area (Å²) >= 11 is 0. The van der Waals surface area contributed by atoms with Crippen molar-refractivity contribution in [1.29, 1.82) is 0 Å². The molecule has 6 aromatic rings. The third-order valence-electron chi connectivity index (χ3n) is 12.6. The van der Waals surface area contributed by atoms with E-state index in [1.807, 2.05) is 31.2 Å². The predicted molar refractivity (Wildman–Crippen MR) is 232 cm³/mol. The molecule has 0 radical (unpaired) electrons. The van der Waals surface area contributed by atoms with Crippen molar-refractivity contribution in [3.8, 4) is 28.7 Å². The summed E-state index contributed by atoms with van der Waals surface area (Å²) in [4.78, 5) is 31.7. The number of cyclic esters (lactones) is 1. The second-order valence-corrected chi connectivity index (χ2v) is 16.8. The highest BCUT2D eigenvalue weighted by molar-refractivity contribution is 5.79. The molecule has 2 aliphatic carbocycles. The number of aryl methyl sites for hydroxylation is 1. The quantitative estimate of drug-likeness (QED) is 0.113. The van der Waals surface area contributed by atoms with Crippen LogP contribution in [-0.4, -0.2) is 90.4 Å². The number of benzene rings is 3. The van der Waals surface area contributed by atoms with Crippen LogP contribution >= 0.6 is 0 Å². The van der Waals surface area contributed by atoms with E-state index in [0.717, 1.165) is 52.1 Å². The van der Waals surface area contributed by atoms with E-state index >= 15 is 0 Å². The number of hydrogen-bond donors (Lipinski definition) is 3. The Morgan fingerprint density at radius 2 is 1.43 bits per heavy atom. The molecule has 4 aliphatic rings. The molecule has 10 rings (SSSR count). The van der Waals surface area contributed by atoms with Crippen molar-refractivity contribution in [3.05, 3.63) is 135 Å². The molecule has 3 aromatic heterocycles. The van der Waals surface area contributed by atoms with Crippen molar-refractivity contribution in [3.63, 3.8) is 0 Å². The zero-order valence-electron chi connectivity index (χ0n) is 37.3. The maximum absolute atomic E-state index is 14.1. The van der Waals surface area contributed by atoms with Crippen molar-refractivity contribution in [2.24, 2.45) is 11.8 Å². The molecule has 67 heavy (non-hydrogen) atoms. The van der Waals surface area contributed by atoms with Gasteiger partial charge in [0.15, 0.2) is 23.0 Å². The molecule has 18 nitrogen and oxygen atoms in total. The van der Waals surface area contributed by atoms with Gasteiger partial charge in [-0.15, -0.1) is 0 Å². The number of aliphatic hydroxyl groups excluding tert-OH is 1. The Balaban J connectivity index is 0.000000145. The molecule has 0 bridgehead atoms. The number of aliphatic hydroxyl groups is 2. The van der Waals surface area contributed by atoms with Gasteiger partial charge >= 0.3 is 5.97 Å². The van der Waals surface area contributed by atoms with Gasteiger partial charge in [0.1, 0.15) is 42.5 Å². The first-order valence-corrected chi connectivity index (χ1v) is 21.7. The lowest BCUT2D eigenvalue weighted by molar-refractivity contribution is -0.141. The maximum atomic E-state index is 14.1. The molecule has 20 heteroatoms. The van der Waals surface area contributed by atoms with Crippen molar-refractivity contribution >= 4 is 5.97 Å². The number of carbonyl (C=O) groups is 1. The summed E-state index contributed by atoms with van der Waals surface area (Å²) in [6.45, 7) is 2.04. The summed E-state index contributed by atoms with van der Waals surface area (Å²) in [5.41, 5.74) is 1.96. The number of esters is 1. The van der Waals surface area contributed by atoms with Gasteiger partial charge in [-0.05, 0) is 78.4 Å². The van der Waals surface area contributed by atoms with Crippen LogP contribution in [0.3, 0.4) is 0 Å². The number of ether oxygens (including phenoxy) is 6. The maximum Gasteiger partial charge on any atom is 0.310 e. The molecule has 3 aromatic carbocycles. The van der Waals surface area contributed by atoms with Crippen LogP contribution in [0.15, 0.2) is 84.7 Å². The number of aromatic nitrogens is 7. The molecular weight excluding hydrogens is 877 g/mol. The molecule has 2 unspecified atom stereocenters. The Kier molecular flexibility index (Phi) is 13.7. The first-order valence-electron chi connectivity index (χ1n) is 21.7. The first-order chi connectivity index (χ1) is 32.3. The van der Waals surface area contributed by atoms with Gasteiger partial charge < -0.3 is 43.8 Å². The highest BCUT2D eigenvalue weighted by Gasteiger charge is 2.52. The summed E-state index contributed by atoms with van der Waals surface area (Å²) in [5.74, 6) is -0.215. The molecule has 1 saturated heterocycles. The van der Waals surface area contributed by atoms with Gasteiger partial charge in [0, 0.05) is 35.4 Å². The SMILES string of the molecule is COc1cc([C@@H]2c3cc4c(cc3C(O)[C@H]3COC(=O)C23)OCO4)cc(OC)c1OC.Cc1cc(C2CCCCC2)n(O)c(=O)c1.OC(Cn1cncn1)(Cn1cncn1)c1ccc(F)cc1F. The second-order valence-electron chi connectivity index (χ2n) is 16.8. The van der Waals surface area contributed by atoms with Gasteiger partial charge in [-0.2, -0.15) is 14.9 Å². The fourth-order valence-electron chi connectivity index (χ4n) is 9.47. The van der Waals surface area contributed by atoms with Crippen LogP contribution in [0.25, 0.3) is 0 Å². The number of methoxy groups -OCH3 is 3. The topological polar surface area (TPSA) is 217 Å². The zero-order chi connectivity index (χ0) is 47.4. The Hall–Kier alpha value is -7.06. The number of pyridine rings is 1. The van der Waals surface area contributed by atoms with Gasteiger partial charge in [0.2, 0.25) is 12.5 Å². The summed E-state index contributed by atoms with van der Waals surface area (Å²) in [6, 6.07) is 13.7. The number of fused-ring (bicyclic) bond motifs is 3. The van der Waals surface area contributed by atoms with E-state index in [4.69, 9.17) is 28.4 Å². The van der Waals surface area contributed by atoms with Crippen LogP contribution in [0.2, 0.25) is 0 Å². The standard InChI is InChI=1S/C22H22O8.C13H12F2N6O.C12H17NO2/c1-25-16-4-10(5-17(26-2)21(16)27-3)18-11-6-14-15(30-9-29-14)7-12(11)20(23)13-8-28-22(24)19(13)18;14-10-1-2-11(12(15)3-10)13(22,4-20-8-16-6-18-20)5-21-9-17-7-19-21;1-9-7-11(13(15)12(14)8-9)10-5-3-2-4-6-10/h4-7,13,18-20,23H,8-9H2,1-3H3;1-3,6-9,22H,4-5H2;7-8,10,15H,2-6H2,1H3/t13-,18+,19?,20?;;/m0../s1. The van der Waals surface area contributed by atoms with Crippen molar-refractivity contribution < 1.29 is 57.4 Å². The Bertz CT molecular complexity index is 2690. The number of carbonyl (C=O) groups excluding carboxylic acids is 1. The lowest BCUT2D eigenvalue weighted by atomic mass is 9.66. The molecule has 3 N–H and O–H groups in total. The monoisotopic (exact) mass is 927 g/mol. The third kappa shape index (κ3) is 9.62. The fraction of sp³-hybridized carbons (Fsp3) is 0.404. The van der Waals surface area contributed by atoms with E-state index in [-0.39, 0.29) is 55.4 Å². The van der Waals surface area contributed by atoms with Crippen molar-refractivity contribution in [1.82, 2.24) is 34.3 Å². The van der Waals surface area contributed by atoms with Crippen LogP contribution in [-0.2, 0) is 28.2 Å². The van der Waals surface area contributed by atoms with Crippen LogP contribution in [0, 0.1) is 30.4 Å². The largest absolute Gasteiger partial charge is 0.493 e. The van der Waals surface area contributed by atoms with E-state index in [1.165, 1.54) is 73.2 Å². The number of halogens is 2. The van der Waals surface area contributed by atoms with Crippen molar-refractivity contribution in [2.45, 2.75) is 75.7 Å². The van der Waals surface area contributed by atoms with E-state index < -0.39 is 29.3 Å². The molecule has 5 heterocycles. The number of nitrogens with zero attached hydrogens (tertiary/aromatic N) is 7. The van der Waals surface area contributed by atoms with E-state index in [9.17, 15) is 33.8 Å². The van der Waals surface area contributed by atoms with Gasteiger partial charge in [0.05, 0.1) is 58.7 Å². The first kappa shape index (κ1) is 46.5. The summed E-state index contributed by atoms with van der Waals surface area (Å²) < 4.78 is 63.7. The minimum absolute atomic E-state index is 0.0556. The average molecular weight is 928 g/mol. The lowest BCUT2D eigenvalue weighted by Crippen LogP contribution is -2.37. The average Bonchev–Trinajstić information content (AvgIpc) is 4.18. The highest BCUT2D eigenvalue weighted by atomic mass is 19.1. The molecule has 1 saturated carbocycles. The van der Waals surface area contributed by atoms with Crippen LogP contribution in [0.4, 0.5) is 8.78 Å². The smallest absolute Gasteiger partial charge is 0.310 e. The Morgan fingerprint density at radius 1 is 0.806 bits per heavy atom. The lowest BCUT2D eigenvalue weighted by Gasteiger charge is -2.37. The minimum Gasteiger partial charge on any atom is -0.493 e. The highest BCUT2D eigenvalue weighted by Crippen LogP contribution is 2.55. The summed E-state index contributed by atoms with van der Waals surface area (Å²) in [5, 5.41) is 39.5. The molecule has 2 fully saturated rings. The second kappa shape index (κ2) is 19.8. The van der Waals surface area contributed by atoms with E-state index in [2.05, 4.69) is 20.2 Å². The third-order valence-corrected chi connectivity index (χ3v) is 12.6. The van der Waals surface area contributed by atoms with Gasteiger partial charge in [-0.25, -0.2) is 28.1 Å².